The third-order valence-electron chi connectivity index (χ3n) is 12.8. The molecule has 1 aliphatic heterocycles. The second-order valence-electron chi connectivity index (χ2n) is 16.5. The van der Waals surface area contributed by atoms with E-state index < -0.39 is 7.14 Å². The van der Waals surface area contributed by atoms with Crippen LogP contribution in [0.4, 0.5) is 8.78 Å². The number of halogens is 2. The van der Waals surface area contributed by atoms with Gasteiger partial charge in [0.15, 0.2) is 24.6 Å². The standard InChI is InChI=1S/C59H36F2N3OP/c60-42-27-21-40(22-28-42)57-62-58(41-23-29-43(61)30-24-41)64-59(63-57)54-36-35-47(50-11-3-4-12-51(50)54)38-19-17-37(18-20-38)45-33-34-46(49-10-2-1-9-48(45)49)39-25-31-44(32-26-39)66(65)55-15-7-5-13-52(55)53-14-6-8-16-56(53)66/h1-36H. The molecule has 66 heavy (non-hydrogen) atoms. The van der Waals surface area contributed by atoms with Gasteiger partial charge < -0.3 is 4.57 Å². The lowest BCUT2D eigenvalue weighted by Gasteiger charge is -2.17. The van der Waals surface area contributed by atoms with Gasteiger partial charge in [0.1, 0.15) is 11.6 Å². The molecule has 11 aromatic rings. The summed E-state index contributed by atoms with van der Waals surface area (Å²) in [6.07, 6.45) is 0. The Morgan fingerprint density at radius 3 is 1.03 bits per heavy atom. The maximum Gasteiger partial charge on any atom is 0.172 e. The van der Waals surface area contributed by atoms with E-state index in [-0.39, 0.29) is 11.6 Å². The van der Waals surface area contributed by atoms with E-state index in [1.807, 2.05) is 66.7 Å². The first-order chi connectivity index (χ1) is 32.4. The zero-order valence-corrected chi connectivity index (χ0v) is 36.1. The molecule has 0 aliphatic carbocycles. The van der Waals surface area contributed by atoms with E-state index in [0.717, 1.165) is 87.5 Å². The van der Waals surface area contributed by atoms with Gasteiger partial charge in [-0.15, -0.1) is 0 Å². The van der Waals surface area contributed by atoms with Gasteiger partial charge in [-0.25, -0.2) is 23.7 Å². The average Bonchev–Trinajstić information content (AvgIpc) is 3.64. The van der Waals surface area contributed by atoms with Crippen molar-refractivity contribution in [3.05, 3.63) is 230 Å². The number of nitrogens with zero attached hydrogens (tertiary/aromatic N) is 3. The maximum atomic E-state index is 15.1. The Morgan fingerprint density at radius 1 is 0.288 bits per heavy atom. The fraction of sp³-hybridized carbons (Fsp3) is 0. The number of benzene rings is 10. The summed E-state index contributed by atoms with van der Waals surface area (Å²) < 4.78 is 43.0. The van der Waals surface area contributed by atoms with Gasteiger partial charge >= 0.3 is 0 Å². The smallest absolute Gasteiger partial charge is 0.172 e. The SMILES string of the molecule is O=P1(c2ccc(-c3ccc(-c4ccc(-c5ccc(-c6nc(-c7ccc(F)cc7)nc(-c7ccc(F)cc7)n6)c6ccccc56)cc4)c4ccccc34)cc2)c2ccccc2-c2ccccc21. The van der Waals surface area contributed by atoms with Gasteiger partial charge in [-0.1, -0.05) is 164 Å². The molecule has 1 aliphatic rings. The number of rotatable bonds is 7. The van der Waals surface area contributed by atoms with E-state index in [2.05, 4.69) is 103 Å². The third kappa shape index (κ3) is 6.57. The largest absolute Gasteiger partial charge is 0.309 e. The Kier molecular flexibility index (Phi) is 9.44. The molecule has 7 heteroatoms. The van der Waals surface area contributed by atoms with Gasteiger partial charge in [-0.05, 0) is 121 Å². The van der Waals surface area contributed by atoms with Crippen LogP contribution in [-0.2, 0) is 4.57 Å². The molecule has 0 fully saturated rings. The summed E-state index contributed by atoms with van der Waals surface area (Å²) in [4.78, 5) is 14.5. The lowest BCUT2D eigenvalue weighted by atomic mass is 9.90. The van der Waals surface area contributed by atoms with E-state index in [9.17, 15) is 8.78 Å². The summed E-state index contributed by atoms with van der Waals surface area (Å²) in [6, 6.07) is 70.5. The Morgan fingerprint density at radius 2 is 0.606 bits per heavy atom. The first-order valence-corrected chi connectivity index (χ1v) is 23.4. The number of fused-ring (bicyclic) bond motifs is 5. The first-order valence-electron chi connectivity index (χ1n) is 21.7. The molecule has 0 unspecified atom stereocenters. The Bertz CT molecular complexity index is 3630. The van der Waals surface area contributed by atoms with E-state index in [4.69, 9.17) is 15.0 Å². The van der Waals surface area contributed by atoms with Crippen molar-refractivity contribution in [1.29, 1.82) is 0 Å². The molecule has 312 valence electrons. The van der Waals surface area contributed by atoms with Gasteiger partial charge in [-0.3, -0.25) is 0 Å². The van der Waals surface area contributed by atoms with E-state index in [1.165, 1.54) is 24.3 Å². The molecule has 4 nitrogen and oxygen atoms in total. The first kappa shape index (κ1) is 39.4. The molecule has 0 amide bonds. The summed E-state index contributed by atoms with van der Waals surface area (Å²) in [6.45, 7) is 0. The predicted molar refractivity (Wildman–Crippen MR) is 266 cm³/mol. The van der Waals surface area contributed by atoms with Gasteiger partial charge in [0.2, 0.25) is 0 Å². The quantitative estimate of drug-likeness (QED) is 0.150. The molecule has 0 bridgehead atoms. The highest BCUT2D eigenvalue weighted by Crippen LogP contribution is 2.52. The van der Waals surface area contributed by atoms with Gasteiger partial charge in [0, 0.05) is 32.6 Å². The second kappa shape index (κ2) is 15.8. The van der Waals surface area contributed by atoms with E-state index >= 15 is 4.57 Å². The van der Waals surface area contributed by atoms with Gasteiger partial charge in [-0.2, -0.15) is 0 Å². The van der Waals surface area contributed by atoms with Crippen molar-refractivity contribution in [3.63, 3.8) is 0 Å². The molecular weight excluding hydrogens is 836 g/mol. The summed E-state index contributed by atoms with van der Waals surface area (Å²) >= 11 is 0. The van der Waals surface area contributed by atoms with Crippen LogP contribution in [0.25, 0.3) is 100 Å². The molecule has 1 aromatic heterocycles. The molecular formula is C59H36F2N3OP. The van der Waals surface area contributed by atoms with Crippen molar-refractivity contribution in [1.82, 2.24) is 15.0 Å². The molecule has 10 aromatic carbocycles. The summed E-state index contributed by atoms with van der Waals surface area (Å²) in [5.41, 5.74) is 10.7. The third-order valence-corrected chi connectivity index (χ3v) is 15.9. The van der Waals surface area contributed by atoms with E-state index in [0.29, 0.717) is 28.6 Å². The summed E-state index contributed by atoms with van der Waals surface area (Å²) in [7, 11) is -3.02. The highest BCUT2D eigenvalue weighted by molar-refractivity contribution is 7.86. The Labute approximate surface area is 380 Å². The van der Waals surface area contributed by atoms with Crippen LogP contribution in [0, 0.1) is 11.6 Å². The van der Waals surface area contributed by atoms with Crippen LogP contribution >= 0.6 is 7.14 Å². The zero-order chi connectivity index (χ0) is 44.4. The molecule has 2 heterocycles. The molecule has 0 radical (unpaired) electrons. The number of aromatic nitrogens is 3. The van der Waals surface area contributed by atoms with Crippen LogP contribution < -0.4 is 15.9 Å². The van der Waals surface area contributed by atoms with Crippen LogP contribution in [0.2, 0.25) is 0 Å². The average molecular weight is 872 g/mol. The monoisotopic (exact) mass is 871 g/mol. The lowest BCUT2D eigenvalue weighted by Crippen LogP contribution is -2.20. The fourth-order valence-electron chi connectivity index (χ4n) is 9.54. The van der Waals surface area contributed by atoms with Gasteiger partial charge in [0.05, 0.1) is 0 Å². The van der Waals surface area contributed by atoms with Crippen molar-refractivity contribution in [2.45, 2.75) is 0 Å². The Hall–Kier alpha value is -8.18. The van der Waals surface area contributed by atoms with Crippen molar-refractivity contribution in [2.75, 3.05) is 0 Å². The molecule has 0 N–H and O–H groups in total. The fourth-order valence-corrected chi connectivity index (χ4v) is 12.6. The normalized spacial score (nSPS) is 12.6. The second-order valence-corrected chi connectivity index (χ2v) is 19.2. The minimum atomic E-state index is -3.02. The van der Waals surface area contributed by atoms with Crippen LogP contribution in [0.1, 0.15) is 0 Å². The van der Waals surface area contributed by atoms with Crippen LogP contribution in [0.5, 0.6) is 0 Å². The van der Waals surface area contributed by atoms with E-state index in [1.54, 1.807) is 24.3 Å². The van der Waals surface area contributed by atoms with Crippen LogP contribution in [0.15, 0.2) is 218 Å². The molecule has 0 atom stereocenters. The minimum absolute atomic E-state index is 0.357. The topological polar surface area (TPSA) is 55.7 Å². The summed E-state index contributed by atoms with van der Waals surface area (Å²) in [5, 5.41) is 6.92. The minimum Gasteiger partial charge on any atom is -0.309 e. The van der Waals surface area contributed by atoms with Gasteiger partial charge in [0.25, 0.3) is 0 Å². The van der Waals surface area contributed by atoms with Crippen molar-refractivity contribution in [3.8, 4) is 78.7 Å². The molecule has 0 spiro atoms. The van der Waals surface area contributed by atoms with Crippen molar-refractivity contribution in [2.24, 2.45) is 0 Å². The zero-order valence-electron chi connectivity index (χ0n) is 35.2. The van der Waals surface area contributed by atoms with Crippen LogP contribution in [0.3, 0.4) is 0 Å². The van der Waals surface area contributed by atoms with Crippen LogP contribution in [-0.4, -0.2) is 15.0 Å². The number of hydrogen-bond acceptors (Lipinski definition) is 4. The van der Waals surface area contributed by atoms with Crippen molar-refractivity contribution >= 4 is 44.6 Å². The molecule has 0 saturated heterocycles. The predicted octanol–water partition coefficient (Wildman–Crippen LogP) is 14.1. The summed E-state index contributed by atoms with van der Waals surface area (Å²) in [5.74, 6) is 0.512. The highest BCUT2D eigenvalue weighted by Gasteiger charge is 2.39. The number of hydrogen-bond donors (Lipinski definition) is 0. The molecule has 0 saturated carbocycles. The Balaban J connectivity index is 0.885. The lowest BCUT2D eigenvalue weighted by molar-refractivity contribution is 0.593. The van der Waals surface area contributed by atoms with Crippen molar-refractivity contribution < 1.29 is 13.3 Å². The maximum absolute atomic E-state index is 15.1. The molecule has 12 rings (SSSR count). The highest BCUT2D eigenvalue weighted by atomic mass is 31.2.